The fourth-order valence-electron chi connectivity index (χ4n) is 1.87. The van der Waals surface area contributed by atoms with Crippen molar-refractivity contribution in [2.24, 2.45) is 0 Å². The molecule has 0 saturated heterocycles. The summed E-state index contributed by atoms with van der Waals surface area (Å²) in [6, 6.07) is 12.1. The van der Waals surface area contributed by atoms with Gasteiger partial charge in [0, 0.05) is 24.8 Å². The number of pyridine rings is 1. The van der Waals surface area contributed by atoms with Crippen LogP contribution in [0.3, 0.4) is 0 Å². The number of methoxy groups -OCH3 is 1. The molecule has 0 radical (unpaired) electrons. The molecule has 0 atom stereocenters. The second-order valence-electron chi connectivity index (χ2n) is 4.24. The average molecular weight is 242 g/mol. The van der Waals surface area contributed by atoms with E-state index in [4.69, 9.17) is 4.74 Å². The number of hydrogen-bond acceptors (Lipinski definition) is 3. The Bertz CT molecular complexity index is 497. The number of nitrogens with zero attached hydrogens (tertiary/aromatic N) is 1. The number of ether oxygens (including phenoxy) is 1. The molecule has 2 aromatic rings. The first-order valence-corrected chi connectivity index (χ1v) is 6.04. The Morgan fingerprint density at radius 2 is 2.06 bits per heavy atom. The number of aryl methyl sites for hydroxylation is 1. The van der Waals surface area contributed by atoms with Crippen molar-refractivity contribution < 1.29 is 4.74 Å². The Labute approximate surface area is 108 Å². The van der Waals surface area contributed by atoms with Crippen LogP contribution in [0.5, 0.6) is 5.75 Å². The number of benzene rings is 1. The van der Waals surface area contributed by atoms with Gasteiger partial charge in [-0.1, -0.05) is 23.8 Å². The standard InChI is InChI=1S/C15H18N2O/c1-12-6-7-15(18-2)13(9-12)10-16-11-14-5-3-4-8-17-14/h3-9,16H,10-11H2,1-2H3. The molecule has 1 heterocycles. The summed E-state index contributed by atoms with van der Waals surface area (Å²) >= 11 is 0. The molecule has 0 aliphatic heterocycles. The summed E-state index contributed by atoms with van der Waals surface area (Å²) in [7, 11) is 1.70. The second kappa shape index (κ2) is 6.17. The van der Waals surface area contributed by atoms with Crippen LogP contribution in [0.4, 0.5) is 0 Å². The highest BCUT2D eigenvalue weighted by Gasteiger charge is 2.02. The SMILES string of the molecule is COc1ccc(C)cc1CNCc1ccccn1. The van der Waals surface area contributed by atoms with Gasteiger partial charge in [-0.3, -0.25) is 4.98 Å². The molecule has 0 amide bonds. The van der Waals surface area contributed by atoms with Crippen LogP contribution in [-0.2, 0) is 13.1 Å². The molecule has 3 nitrogen and oxygen atoms in total. The van der Waals surface area contributed by atoms with Crippen LogP contribution in [0.2, 0.25) is 0 Å². The fourth-order valence-corrected chi connectivity index (χ4v) is 1.87. The summed E-state index contributed by atoms with van der Waals surface area (Å²) in [6.45, 7) is 3.63. The van der Waals surface area contributed by atoms with Gasteiger partial charge < -0.3 is 10.1 Å². The van der Waals surface area contributed by atoms with E-state index in [9.17, 15) is 0 Å². The van der Waals surface area contributed by atoms with E-state index in [0.717, 1.165) is 24.5 Å². The molecule has 2 rings (SSSR count). The molecule has 0 fully saturated rings. The van der Waals surface area contributed by atoms with Crippen LogP contribution in [0.25, 0.3) is 0 Å². The van der Waals surface area contributed by atoms with E-state index in [1.54, 1.807) is 7.11 Å². The summed E-state index contributed by atoms with van der Waals surface area (Å²) in [4.78, 5) is 4.28. The van der Waals surface area contributed by atoms with Gasteiger partial charge in [0.25, 0.3) is 0 Å². The van der Waals surface area contributed by atoms with Crippen LogP contribution in [0, 0.1) is 6.92 Å². The summed E-state index contributed by atoms with van der Waals surface area (Å²) in [5.74, 6) is 0.925. The van der Waals surface area contributed by atoms with Crippen LogP contribution < -0.4 is 10.1 Å². The van der Waals surface area contributed by atoms with E-state index < -0.39 is 0 Å². The lowest BCUT2D eigenvalue weighted by Gasteiger charge is -2.10. The predicted octanol–water partition coefficient (Wildman–Crippen LogP) is 2.69. The lowest BCUT2D eigenvalue weighted by atomic mass is 10.1. The van der Waals surface area contributed by atoms with Crippen molar-refractivity contribution in [3.63, 3.8) is 0 Å². The van der Waals surface area contributed by atoms with Crippen molar-refractivity contribution in [1.29, 1.82) is 0 Å². The fraction of sp³-hybridized carbons (Fsp3) is 0.267. The van der Waals surface area contributed by atoms with Gasteiger partial charge in [-0.15, -0.1) is 0 Å². The van der Waals surface area contributed by atoms with Gasteiger partial charge in [-0.05, 0) is 25.1 Å². The van der Waals surface area contributed by atoms with Crippen LogP contribution >= 0.6 is 0 Å². The van der Waals surface area contributed by atoms with Crippen molar-refractivity contribution in [3.05, 3.63) is 59.4 Å². The molecule has 1 N–H and O–H groups in total. The van der Waals surface area contributed by atoms with Gasteiger partial charge in [0.2, 0.25) is 0 Å². The second-order valence-corrected chi connectivity index (χ2v) is 4.24. The highest BCUT2D eigenvalue weighted by atomic mass is 16.5. The Hall–Kier alpha value is -1.87. The molecule has 0 aliphatic carbocycles. The summed E-state index contributed by atoms with van der Waals surface area (Å²) in [5, 5.41) is 3.38. The predicted molar refractivity (Wildman–Crippen MR) is 72.5 cm³/mol. The smallest absolute Gasteiger partial charge is 0.123 e. The minimum Gasteiger partial charge on any atom is -0.496 e. The summed E-state index contributed by atoms with van der Waals surface area (Å²) < 4.78 is 5.35. The van der Waals surface area contributed by atoms with Crippen molar-refractivity contribution in [1.82, 2.24) is 10.3 Å². The maximum absolute atomic E-state index is 5.35. The first-order chi connectivity index (χ1) is 8.79. The number of hydrogen-bond donors (Lipinski definition) is 1. The molecular weight excluding hydrogens is 224 g/mol. The topological polar surface area (TPSA) is 34.1 Å². The average Bonchev–Trinajstić information content (AvgIpc) is 2.40. The van der Waals surface area contributed by atoms with E-state index in [1.165, 1.54) is 11.1 Å². The normalized spacial score (nSPS) is 10.3. The third-order valence-electron chi connectivity index (χ3n) is 2.78. The summed E-state index contributed by atoms with van der Waals surface area (Å²) in [5.41, 5.74) is 3.46. The Morgan fingerprint density at radius 1 is 1.17 bits per heavy atom. The van der Waals surface area contributed by atoms with Crippen LogP contribution in [0.1, 0.15) is 16.8 Å². The van der Waals surface area contributed by atoms with Crippen LogP contribution in [0.15, 0.2) is 42.6 Å². The molecule has 1 aromatic heterocycles. The van der Waals surface area contributed by atoms with Gasteiger partial charge in [0.1, 0.15) is 5.75 Å². The minimum atomic E-state index is 0.762. The molecule has 0 saturated carbocycles. The lowest BCUT2D eigenvalue weighted by Crippen LogP contribution is -2.14. The zero-order valence-electron chi connectivity index (χ0n) is 10.8. The van der Waals surface area contributed by atoms with Gasteiger partial charge in [0.05, 0.1) is 12.8 Å². The van der Waals surface area contributed by atoms with Crippen LogP contribution in [-0.4, -0.2) is 12.1 Å². The number of rotatable bonds is 5. The Balaban J connectivity index is 1.96. The monoisotopic (exact) mass is 242 g/mol. The third kappa shape index (κ3) is 3.31. The van der Waals surface area contributed by atoms with E-state index in [-0.39, 0.29) is 0 Å². The van der Waals surface area contributed by atoms with Crippen molar-refractivity contribution in [3.8, 4) is 5.75 Å². The van der Waals surface area contributed by atoms with Gasteiger partial charge in [-0.25, -0.2) is 0 Å². The molecule has 0 bridgehead atoms. The van der Waals surface area contributed by atoms with E-state index in [2.05, 4.69) is 29.4 Å². The Morgan fingerprint density at radius 3 is 2.78 bits per heavy atom. The molecule has 3 heteroatoms. The number of nitrogens with one attached hydrogen (secondary N) is 1. The molecule has 0 aliphatic rings. The first-order valence-electron chi connectivity index (χ1n) is 6.04. The Kier molecular flexibility index (Phi) is 4.31. The summed E-state index contributed by atoms with van der Waals surface area (Å²) in [6.07, 6.45) is 1.81. The van der Waals surface area contributed by atoms with E-state index in [0.29, 0.717) is 0 Å². The van der Waals surface area contributed by atoms with E-state index in [1.807, 2.05) is 30.5 Å². The molecule has 94 valence electrons. The zero-order chi connectivity index (χ0) is 12.8. The quantitative estimate of drug-likeness (QED) is 0.875. The number of aromatic nitrogens is 1. The van der Waals surface area contributed by atoms with Gasteiger partial charge in [0.15, 0.2) is 0 Å². The third-order valence-corrected chi connectivity index (χ3v) is 2.78. The maximum atomic E-state index is 5.35. The molecule has 18 heavy (non-hydrogen) atoms. The molecular formula is C15H18N2O. The lowest BCUT2D eigenvalue weighted by molar-refractivity contribution is 0.407. The largest absolute Gasteiger partial charge is 0.496 e. The molecule has 0 spiro atoms. The molecule has 1 aromatic carbocycles. The van der Waals surface area contributed by atoms with Gasteiger partial charge >= 0.3 is 0 Å². The van der Waals surface area contributed by atoms with Crippen molar-refractivity contribution >= 4 is 0 Å². The van der Waals surface area contributed by atoms with Crippen molar-refractivity contribution in [2.45, 2.75) is 20.0 Å². The highest BCUT2D eigenvalue weighted by Crippen LogP contribution is 2.19. The maximum Gasteiger partial charge on any atom is 0.123 e. The minimum absolute atomic E-state index is 0.762. The van der Waals surface area contributed by atoms with Gasteiger partial charge in [-0.2, -0.15) is 0 Å². The van der Waals surface area contributed by atoms with E-state index >= 15 is 0 Å². The zero-order valence-corrected chi connectivity index (χ0v) is 10.8. The highest BCUT2D eigenvalue weighted by molar-refractivity contribution is 5.36. The molecule has 0 unspecified atom stereocenters. The first kappa shape index (κ1) is 12.6. The van der Waals surface area contributed by atoms with Crippen molar-refractivity contribution in [2.75, 3.05) is 7.11 Å².